The molecule has 2 rings (SSSR count). The summed E-state index contributed by atoms with van der Waals surface area (Å²) in [7, 11) is 1.78. The van der Waals surface area contributed by atoms with Gasteiger partial charge in [-0.1, -0.05) is 0 Å². The van der Waals surface area contributed by atoms with Gasteiger partial charge < -0.3 is 5.32 Å². The van der Waals surface area contributed by atoms with Crippen molar-refractivity contribution in [2.45, 2.75) is 6.92 Å². The first-order valence-electron chi connectivity index (χ1n) is 4.81. The zero-order valence-corrected chi connectivity index (χ0v) is 10.5. The lowest BCUT2D eigenvalue weighted by molar-refractivity contribution is 0.626. The molecule has 1 N–H and O–H groups in total. The van der Waals surface area contributed by atoms with E-state index in [1.54, 1.807) is 13.1 Å². The molecule has 2 aromatic rings. The van der Waals surface area contributed by atoms with Crippen LogP contribution in [0.5, 0.6) is 0 Å². The Hall–Kier alpha value is -1.36. The van der Waals surface area contributed by atoms with Gasteiger partial charge in [0.2, 0.25) is 5.95 Å². The van der Waals surface area contributed by atoms with E-state index in [9.17, 15) is 4.39 Å². The van der Waals surface area contributed by atoms with E-state index < -0.39 is 0 Å². The van der Waals surface area contributed by atoms with Crippen LogP contribution in [0.2, 0.25) is 0 Å². The molecule has 0 aliphatic heterocycles. The number of rotatable bonds is 2. The number of benzene rings is 1. The SMILES string of the molecule is CNc1nc(C)cn1-c1cc(F)ccc1Br. The highest BCUT2D eigenvalue weighted by Gasteiger charge is 2.09. The van der Waals surface area contributed by atoms with Gasteiger partial charge in [-0.05, 0) is 41.1 Å². The first-order valence-corrected chi connectivity index (χ1v) is 5.60. The number of nitrogens with one attached hydrogen (secondary N) is 1. The van der Waals surface area contributed by atoms with Crippen LogP contribution in [-0.4, -0.2) is 16.6 Å². The summed E-state index contributed by atoms with van der Waals surface area (Å²) in [5.41, 5.74) is 1.60. The van der Waals surface area contributed by atoms with E-state index in [1.165, 1.54) is 12.1 Å². The molecule has 1 aromatic heterocycles. The molecule has 0 bridgehead atoms. The van der Waals surface area contributed by atoms with Crippen LogP contribution >= 0.6 is 15.9 Å². The Morgan fingerprint density at radius 1 is 1.44 bits per heavy atom. The molecule has 16 heavy (non-hydrogen) atoms. The van der Waals surface area contributed by atoms with Crippen molar-refractivity contribution in [1.82, 2.24) is 9.55 Å². The van der Waals surface area contributed by atoms with Crippen molar-refractivity contribution in [2.75, 3.05) is 12.4 Å². The van der Waals surface area contributed by atoms with Crippen LogP contribution in [0.15, 0.2) is 28.9 Å². The van der Waals surface area contributed by atoms with Crippen LogP contribution < -0.4 is 5.32 Å². The zero-order valence-electron chi connectivity index (χ0n) is 8.96. The summed E-state index contributed by atoms with van der Waals surface area (Å²) in [6, 6.07) is 4.56. The Morgan fingerprint density at radius 3 is 2.88 bits per heavy atom. The van der Waals surface area contributed by atoms with Gasteiger partial charge in [-0.15, -0.1) is 0 Å². The number of nitrogens with zero attached hydrogens (tertiary/aromatic N) is 2. The summed E-state index contributed by atoms with van der Waals surface area (Å²) in [6.07, 6.45) is 1.85. The van der Waals surface area contributed by atoms with E-state index in [-0.39, 0.29) is 5.82 Å². The van der Waals surface area contributed by atoms with Crippen molar-refractivity contribution >= 4 is 21.9 Å². The monoisotopic (exact) mass is 283 g/mol. The van der Waals surface area contributed by atoms with E-state index in [1.807, 2.05) is 17.7 Å². The van der Waals surface area contributed by atoms with E-state index >= 15 is 0 Å². The Balaban J connectivity index is 2.61. The molecule has 0 unspecified atom stereocenters. The lowest BCUT2D eigenvalue weighted by Crippen LogP contribution is -2.01. The highest BCUT2D eigenvalue weighted by Crippen LogP contribution is 2.25. The molecule has 1 aromatic carbocycles. The molecule has 5 heteroatoms. The van der Waals surface area contributed by atoms with Gasteiger partial charge in [0.15, 0.2) is 0 Å². The average molecular weight is 284 g/mol. The molecule has 0 atom stereocenters. The number of anilines is 1. The molecule has 0 aliphatic carbocycles. The minimum absolute atomic E-state index is 0.272. The standard InChI is InChI=1S/C11H11BrFN3/c1-7-6-16(11(14-2)15-7)10-5-8(13)3-4-9(10)12/h3-6H,1-2H3,(H,14,15). The quantitative estimate of drug-likeness (QED) is 0.918. The zero-order chi connectivity index (χ0) is 11.7. The van der Waals surface area contributed by atoms with Crippen molar-refractivity contribution in [3.63, 3.8) is 0 Å². The maximum absolute atomic E-state index is 13.2. The van der Waals surface area contributed by atoms with E-state index in [2.05, 4.69) is 26.2 Å². The van der Waals surface area contributed by atoms with Crippen molar-refractivity contribution in [3.8, 4) is 5.69 Å². The number of aromatic nitrogens is 2. The van der Waals surface area contributed by atoms with Crippen LogP contribution in [-0.2, 0) is 0 Å². The highest BCUT2D eigenvalue weighted by atomic mass is 79.9. The van der Waals surface area contributed by atoms with Gasteiger partial charge in [0.05, 0.1) is 11.4 Å². The first kappa shape index (κ1) is 11.1. The predicted octanol–water partition coefficient (Wildman–Crippen LogP) is 3.12. The topological polar surface area (TPSA) is 29.9 Å². The van der Waals surface area contributed by atoms with Crippen LogP contribution in [0.1, 0.15) is 5.69 Å². The van der Waals surface area contributed by atoms with Gasteiger partial charge >= 0.3 is 0 Å². The Morgan fingerprint density at radius 2 is 2.19 bits per heavy atom. The fraction of sp³-hybridized carbons (Fsp3) is 0.182. The van der Waals surface area contributed by atoms with Crippen molar-refractivity contribution < 1.29 is 4.39 Å². The summed E-state index contributed by atoms with van der Waals surface area (Å²) in [6.45, 7) is 1.89. The number of halogens is 2. The number of aryl methyl sites for hydroxylation is 1. The summed E-state index contributed by atoms with van der Waals surface area (Å²) in [5, 5.41) is 2.97. The molecule has 0 saturated heterocycles. The number of hydrogen-bond acceptors (Lipinski definition) is 2. The molecular formula is C11H11BrFN3. The fourth-order valence-corrected chi connectivity index (χ4v) is 1.97. The molecule has 1 heterocycles. The molecule has 3 nitrogen and oxygen atoms in total. The molecule has 0 radical (unpaired) electrons. The third kappa shape index (κ3) is 1.95. The first-order chi connectivity index (χ1) is 7.61. The Kier molecular flexibility index (Phi) is 2.96. The van der Waals surface area contributed by atoms with Crippen LogP contribution in [0.25, 0.3) is 5.69 Å². The summed E-state index contributed by atoms with van der Waals surface area (Å²) < 4.78 is 15.8. The maximum atomic E-state index is 13.2. The van der Waals surface area contributed by atoms with Gasteiger partial charge in [-0.25, -0.2) is 9.37 Å². The third-order valence-electron chi connectivity index (χ3n) is 2.22. The highest BCUT2D eigenvalue weighted by molar-refractivity contribution is 9.10. The van der Waals surface area contributed by atoms with Gasteiger partial charge in [0, 0.05) is 17.7 Å². The molecule has 84 valence electrons. The number of imidazole rings is 1. The van der Waals surface area contributed by atoms with E-state index in [0.717, 1.165) is 15.9 Å². The third-order valence-corrected chi connectivity index (χ3v) is 2.89. The predicted molar refractivity (Wildman–Crippen MR) is 65.5 cm³/mol. The average Bonchev–Trinajstić information content (AvgIpc) is 2.63. The number of hydrogen-bond donors (Lipinski definition) is 1. The van der Waals surface area contributed by atoms with Crippen LogP contribution in [0, 0.1) is 12.7 Å². The van der Waals surface area contributed by atoms with E-state index in [4.69, 9.17) is 0 Å². The summed E-state index contributed by atoms with van der Waals surface area (Å²) in [5.74, 6) is 0.412. The van der Waals surface area contributed by atoms with Crippen LogP contribution in [0.4, 0.5) is 10.3 Å². The normalized spacial score (nSPS) is 10.5. The van der Waals surface area contributed by atoms with Crippen molar-refractivity contribution in [2.24, 2.45) is 0 Å². The van der Waals surface area contributed by atoms with Crippen molar-refractivity contribution in [1.29, 1.82) is 0 Å². The second-order valence-corrected chi connectivity index (χ2v) is 4.28. The minimum atomic E-state index is -0.272. The van der Waals surface area contributed by atoms with Gasteiger partial charge in [0.25, 0.3) is 0 Å². The molecule has 0 fully saturated rings. The molecule has 0 aliphatic rings. The Labute approximate surface area is 101 Å². The summed E-state index contributed by atoms with van der Waals surface area (Å²) >= 11 is 3.40. The van der Waals surface area contributed by atoms with E-state index in [0.29, 0.717) is 5.95 Å². The fourth-order valence-electron chi connectivity index (χ4n) is 1.53. The summed E-state index contributed by atoms with van der Waals surface area (Å²) in [4.78, 5) is 4.28. The molecule has 0 saturated carbocycles. The van der Waals surface area contributed by atoms with Crippen molar-refractivity contribution in [3.05, 3.63) is 40.4 Å². The second kappa shape index (κ2) is 4.25. The smallest absolute Gasteiger partial charge is 0.207 e. The van der Waals surface area contributed by atoms with Gasteiger partial charge in [-0.3, -0.25) is 4.57 Å². The molecule has 0 amide bonds. The Bertz CT molecular complexity index is 522. The van der Waals surface area contributed by atoms with Crippen LogP contribution in [0.3, 0.4) is 0 Å². The molecule has 0 spiro atoms. The molecular weight excluding hydrogens is 273 g/mol. The minimum Gasteiger partial charge on any atom is -0.358 e. The lowest BCUT2D eigenvalue weighted by Gasteiger charge is -2.09. The van der Waals surface area contributed by atoms with Gasteiger partial charge in [-0.2, -0.15) is 0 Å². The van der Waals surface area contributed by atoms with Gasteiger partial charge in [0.1, 0.15) is 5.82 Å². The lowest BCUT2D eigenvalue weighted by atomic mass is 10.3. The second-order valence-electron chi connectivity index (χ2n) is 3.42. The maximum Gasteiger partial charge on any atom is 0.207 e. The largest absolute Gasteiger partial charge is 0.358 e.